The van der Waals surface area contributed by atoms with Crippen molar-refractivity contribution in [3.8, 4) is 0 Å². The summed E-state index contributed by atoms with van der Waals surface area (Å²) in [4.78, 5) is 23.4. The average molecular weight is 680 g/mol. The van der Waals surface area contributed by atoms with E-state index in [1.165, 1.54) is 36.4 Å². The van der Waals surface area contributed by atoms with Gasteiger partial charge >= 0.3 is 0 Å². The number of primary amides is 2. The van der Waals surface area contributed by atoms with Crippen molar-refractivity contribution in [2.24, 2.45) is 11.5 Å². The smallest absolute Gasteiger partial charge is 0.243 e. The number of amides is 2. The van der Waals surface area contributed by atoms with E-state index >= 15 is 0 Å². The van der Waals surface area contributed by atoms with E-state index in [0.717, 1.165) is 29.6 Å². The second-order valence-corrected chi connectivity index (χ2v) is 16.3. The van der Waals surface area contributed by atoms with Gasteiger partial charge in [-0.15, -0.1) is 0 Å². The van der Waals surface area contributed by atoms with Crippen LogP contribution < -0.4 is 11.5 Å². The number of hydrogen-bond acceptors (Lipinski definition) is 8. The van der Waals surface area contributed by atoms with E-state index in [0.29, 0.717) is 0 Å². The minimum atomic E-state index is -4.34. The molecule has 13 nitrogen and oxygen atoms in total. The summed E-state index contributed by atoms with van der Waals surface area (Å²) in [5, 5.41) is 0. The molecule has 0 saturated carbocycles. The van der Waals surface area contributed by atoms with Crippen molar-refractivity contribution in [3.63, 3.8) is 0 Å². The molecule has 3 rings (SSSR count). The van der Waals surface area contributed by atoms with Crippen molar-refractivity contribution in [2.75, 3.05) is 39.3 Å². The summed E-state index contributed by atoms with van der Waals surface area (Å²) in [5.74, 6) is -1.93. The van der Waals surface area contributed by atoms with E-state index in [-0.39, 0.29) is 14.7 Å². The first-order valence-corrected chi connectivity index (χ1v) is 18.0. The number of nitrogens with two attached hydrogens (primary N) is 2. The van der Waals surface area contributed by atoms with E-state index in [2.05, 4.69) is 0 Å². The van der Waals surface area contributed by atoms with Gasteiger partial charge in [-0.2, -0.15) is 12.9 Å². The molecule has 244 valence electrons. The summed E-state index contributed by atoms with van der Waals surface area (Å²) in [6.07, 6.45) is 0. The van der Waals surface area contributed by atoms with Gasteiger partial charge in [0, 0.05) is 26.2 Å². The molecule has 3 aromatic carbocycles. The number of sulfonamides is 3. The van der Waals surface area contributed by atoms with Crippen molar-refractivity contribution in [3.05, 3.63) is 89.5 Å². The highest BCUT2D eigenvalue weighted by atomic mass is 32.2. The van der Waals surface area contributed by atoms with Crippen molar-refractivity contribution in [1.82, 2.24) is 12.9 Å². The summed E-state index contributed by atoms with van der Waals surface area (Å²) >= 11 is 0. The molecule has 0 atom stereocenters. The molecule has 0 bridgehead atoms. The number of benzene rings is 3. The van der Waals surface area contributed by atoms with Gasteiger partial charge < -0.3 is 11.5 Å². The summed E-state index contributed by atoms with van der Waals surface area (Å²) < 4.78 is 83.9. The minimum absolute atomic E-state index is 0.126. The molecule has 0 aliphatic heterocycles. The average Bonchev–Trinajstić information content (AvgIpc) is 2.96. The predicted molar refractivity (Wildman–Crippen MR) is 168 cm³/mol. The molecule has 0 aromatic heterocycles. The second-order valence-electron chi connectivity index (χ2n) is 10.5. The largest absolute Gasteiger partial charge is 0.369 e. The first kappa shape index (κ1) is 35.8. The highest BCUT2D eigenvalue weighted by Crippen LogP contribution is 2.21. The van der Waals surface area contributed by atoms with Crippen LogP contribution in [0.2, 0.25) is 0 Å². The molecule has 0 unspecified atom stereocenters. The third-order valence-corrected chi connectivity index (χ3v) is 12.5. The Morgan fingerprint density at radius 3 is 0.933 bits per heavy atom. The van der Waals surface area contributed by atoms with Gasteiger partial charge in [-0.25, -0.2) is 25.3 Å². The Bertz CT molecular complexity index is 1730. The fraction of sp³-hybridized carbons (Fsp3) is 0.310. The number of carbonyl (C=O) groups excluding carboxylic acids is 2. The Hall–Kier alpha value is -3.67. The fourth-order valence-electron chi connectivity index (χ4n) is 4.29. The lowest BCUT2D eigenvalue weighted by atomic mass is 10.2. The van der Waals surface area contributed by atoms with Gasteiger partial charge in [-0.1, -0.05) is 53.1 Å². The molecule has 45 heavy (non-hydrogen) atoms. The van der Waals surface area contributed by atoms with Crippen molar-refractivity contribution in [2.45, 2.75) is 35.5 Å². The molecule has 16 heteroatoms. The Balaban J connectivity index is 2.00. The second kappa shape index (κ2) is 14.6. The Labute approximate surface area is 264 Å². The molecular formula is C29H37N5O8S3. The molecule has 0 heterocycles. The number of hydrogen-bond donors (Lipinski definition) is 2. The van der Waals surface area contributed by atoms with E-state index in [9.17, 15) is 34.8 Å². The van der Waals surface area contributed by atoms with E-state index in [1.807, 2.05) is 0 Å². The third-order valence-electron chi connectivity index (χ3n) is 6.84. The zero-order chi connectivity index (χ0) is 33.6. The highest BCUT2D eigenvalue weighted by molar-refractivity contribution is 7.89. The van der Waals surface area contributed by atoms with Crippen molar-refractivity contribution < 1.29 is 34.8 Å². The highest BCUT2D eigenvalue weighted by Gasteiger charge is 2.32. The number of nitrogens with zero attached hydrogens (tertiary/aromatic N) is 3. The first-order chi connectivity index (χ1) is 20.9. The van der Waals surface area contributed by atoms with Crippen LogP contribution >= 0.6 is 0 Å². The lowest BCUT2D eigenvalue weighted by molar-refractivity contribution is -0.119. The van der Waals surface area contributed by atoms with Gasteiger partial charge in [0.2, 0.25) is 41.9 Å². The summed E-state index contributed by atoms with van der Waals surface area (Å²) in [6, 6.07) is 17.6. The third kappa shape index (κ3) is 9.18. The van der Waals surface area contributed by atoms with E-state index < -0.39 is 81.2 Å². The van der Waals surface area contributed by atoms with Crippen LogP contribution in [0.5, 0.6) is 0 Å². The van der Waals surface area contributed by atoms with Crippen molar-refractivity contribution >= 4 is 41.9 Å². The maximum atomic E-state index is 13.8. The predicted octanol–water partition coefficient (Wildman–Crippen LogP) is 0.955. The lowest BCUT2D eigenvalue weighted by Crippen LogP contribution is -2.47. The van der Waals surface area contributed by atoms with Gasteiger partial charge in [0.05, 0.1) is 27.8 Å². The minimum Gasteiger partial charge on any atom is -0.369 e. The van der Waals surface area contributed by atoms with Crippen molar-refractivity contribution in [1.29, 1.82) is 0 Å². The summed E-state index contributed by atoms with van der Waals surface area (Å²) in [7, 11) is -12.9. The normalized spacial score (nSPS) is 12.6. The van der Waals surface area contributed by atoms with Crippen LogP contribution in [0.4, 0.5) is 0 Å². The maximum absolute atomic E-state index is 13.8. The molecule has 0 spiro atoms. The molecule has 0 aliphatic rings. The van der Waals surface area contributed by atoms with Crippen LogP contribution in [0.3, 0.4) is 0 Å². The van der Waals surface area contributed by atoms with Crippen LogP contribution in [0.25, 0.3) is 0 Å². The molecule has 0 saturated heterocycles. The zero-order valence-electron chi connectivity index (χ0n) is 25.2. The fourth-order valence-corrected chi connectivity index (χ4v) is 8.51. The van der Waals surface area contributed by atoms with Crippen LogP contribution in [-0.4, -0.2) is 89.3 Å². The van der Waals surface area contributed by atoms with Crippen LogP contribution in [0.1, 0.15) is 16.7 Å². The quantitative estimate of drug-likeness (QED) is 0.223. The Morgan fingerprint density at radius 2 is 0.689 bits per heavy atom. The molecule has 3 aromatic rings. The number of carbonyl (C=O) groups is 2. The van der Waals surface area contributed by atoms with Gasteiger partial charge in [-0.3, -0.25) is 9.59 Å². The maximum Gasteiger partial charge on any atom is 0.243 e. The lowest BCUT2D eigenvalue weighted by Gasteiger charge is -2.29. The van der Waals surface area contributed by atoms with Gasteiger partial charge in [0.1, 0.15) is 0 Å². The van der Waals surface area contributed by atoms with Crippen LogP contribution in [0.15, 0.2) is 87.5 Å². The van der Waals surface area contributed by atoms with E-state index in [1.54, 1.807) is 57.2 Å². The topological polar surface area (TPSA) is 198 Å². The molecule has 2 amide bonds. The van der Waals surface area contributed by atoms with Gasteiger partial charge in [-0.05, 0) is 57.2 Å². The van der Waals surface area contributed by atoms with Gasteiger partial charge in [0.15, 0.2) is 0 Å². The van der Waals surface area contributed by atoms with Crippen LogP contribution in [0, 0.1) is 20.8 Å². The Morgan fingerprint density at radius 1 is 0.467 bits per heavy atom. The first-order valence-electron chi connectivity index (χ1n) is 13.7. The Kier molecular flexibility index (Phi) is 11.6. The van der Waals surface area contributed by atoms with Gasteiger partial charge in [0.25, 0.3) is 0 Å². The van der Waals surface area contributed by atoms with E-state index in [4.69, 9.17) is 11.5 Å². The monoisotopic (exact) mass is 679 g/mol. The molecule has 0 fully saturated rings. The molecule has 4 N–H and O–H groups in total. The summed E-state index contributed by atoms with van der Waals surface area (Å²) in [5.41, 5.74) is 13.1. The SMILES string of the molecule is Cc1ccc(S(=O)(=O)N(CCN(CC(N)=O)S(=O)(=O)c2ccc(C)cc2)CCN(CC(N)=O)S(=O)(=O)c2ccc(C)cc2)cc1. The van der Waals surface area contributed by atoms with Crippen LogP contribution in [-0.2, 0) is 39.7 Å². The zero-order valence-corrected chi connectivity index (χ0v) is 27.6. The molecule has 0 aliphatic carbocycles. The molecular weight excluding hydrogens is 643 g/mol. The molecule has 0 radical (unpaired) electrons. The standard InChI is InChI=1S/C29H37N5O8S3/c1-22-4-10-25(11-5-22)43(37,38)32(16-18-33(20-28(30)35)44(39,40)26-12-6-23(2)7-13-26)17-19-34(21-29(31)36)45(41,42)27-14-8-24(3)9-15-27/h4-15H,16-21H2,1-3H3,(H2,30,35)(H2,31,36). The number of rotatable bonds is 16. The number of aryl methyl sites for hydroxylation is 3. The summed E-state index contributed by atoms with van der Waals surface area (Å²) in [6.45, 7) is 1.89.